The minimum absolute atomic E-state index is 0.0296. The Hall–Kier alpha value is -5.34. The van der Waals surface area contributed by atoms with Gasteiger partial charge in [0.05, 0.1) is 60.1 Å². The van der Waals surface area contributed by atoms with E-state index in [-0.39, 0.29) is 101 Å². The molecule has 17 nitrogen and oxygen atoms in total. The van der Waals surface area contributed by atoms with Crippen LogP contribution >= 0.6 is 31.9 Å². The molecule has 0 aliphatic heterocycles. The number of nitrogens with zero attached hydrogens (tertiary/aromatic N) is 4. The second-order valence-corrected chi connectivity index (χ2v) is 17.7. The number of aryl methyl sites for hydroxylation is 1. The molecule has 2 atom stereocenters. The molecule has 66 heavy (non-hydrogen) atoms. The first-order chi connectivity index (χ1) is 31.3. The summed E-state index contributed by atoms with van der Waals surface area (Å²) in [7, 11) is 6.66. The molecule has 2 aromatic carbocycles. The number of aliphatic carboxylic acids is 2. The number of aromatic nitrogens is 2. The van der Waals surface area contributed by atoms with E-state index in [9.17, 15) is 29.4 Å². The molecule has 4 aromatic rings. The number of hydrogen-bond donors (Lipinski definition) is 5. The Morgan fingerprint density at radius 1 is 0.652 bits per heavy atom. The van der Waals surface area contributed by atoms with E-state index in [2.05, 4.69) is 47.1 Å². The first-order valence-corrected chi connectivity index (χ1v) is 22.9. The number of rotatable bonds is 27. The number of aliphatic hydroxyl groups excluding tert-OH is 2. The maximum atomic E-state index is 12.3. The highest BCUT2D eigenvalue weighted by molar-refractivity contribution is 9.10. The standard InChI is InChI=1S/C47H59Br2N5O12/c1-28-31(26-65-46-38(48)20-30(10-7-13-34(55)22-42(59)60)44(51-46)63-18-16-40(57)53(3)4)11-8-14-36(28)37-15-9-12-32(29(37)2)27-66-47-39(49)21-33(24-50-25-35(56)23-43(61)62)45(52-47)64-19-17-41(58)54(5)6/h8-9,11-12,14-15,20-21,34-35,50,55-56H,7,10,13,16-19,22-27H2,1-6H3,(H,59,60)(H,61,62)/t34-,35+/m1/s1. The fourth-order valence-corrected chi connectivity index (χ4v) is 7.66. The zero-order valence-electron chi connectivity index (χ0n) is 38.1. The van der Waals surface area contributed by atoms with Crippen LogP contribution in [0.1, 0.15) is 71.9 Å². The smallest absolute Gasteiger partial charge is 0.306 e. The molecule has 0 fully saturated rings. The maximum absolute atomic E-state index is 12.3. The van der Waals surface area contributed by atoms with Crippen LogP contribution in [0.3, 0.4) is 0 Å². The zero-order valence-corrected chi connectivity index (χ0v) is 41.2. The molecule has 0 aliphatic carbocycles. The predicted octanol–water partition coefficient (Wildman–Crippen LogP) is 6.24. The van der Waals surface area contributed by atoms with E-state index in [1.807, 2.05) is 56.3 Å². The number of pyridine rings is 2. The lowest BCUT2D eigenvalue weighted by molar-refractivity contribution is -0.140. The highest BCUT2D eigenvalue weighted by Crippen LogP contribution is 2.35. The Balaban J connectivity index is 1.52. The number of benzene rings is 2. The van der Waals surface area contributed by atoms with Gasteiger partial charge in [0.15, 0.2) is 0 Å². The molecule has 0 radical (unpaired) electrons. The van der Waals surface area contributed by atoms with Crippen LogP contribution in [0.4, 0.5) is 0 Å². The number of carboxylic acids is 2. The first-order valence-electron chi connectivity index (χ1n) is 21.3. The second kappa shape index (κ2) is 26.1. The average Bonchev–Trinajstić information content (AvgIpc) is 3.24. The molecular weight excluding hydrogens is 986 g/mol. The molecule has 0 saturated carbocycles. The van der Waals surface area contributed by atoms with Crippen molar-refractivity contribution in [2.75, 3.05) is 47.9 Å². The molecule has 0 bridgehead atoms. The van der Waals surface area contributed by atoms with Crippen LogP contribution in [0, 0.1) is 13.8 Å². The van der Waals surface area contributed by atoms with E-state index >= 15 is 0 Å². The van der Waals surface area contributed by atoms with Gasteiger partial charge in [-0.15, -0.1) is 0 Å². The Kier molecular flexibility index (Phi) is 21.1. The van der Waals surface area contributed by atoms with Crippen LogP contribution in [-0.4, -0.2) is 124 Å². The Bertz CT molecular complexity index is 2150. The third kappa shape index (κ3) is 16.5. The number of hydrogen-bond acceptors (Lipinski definition) is 13. The molecular formula is C47H59Br2N5O12. The van der Waals surface area contributed by atoms with Gasteiger partial charge in [-0.2, -0.15) is 9.97 Å². The molecule has 2 aromatic heterocycles. The van der Waals surface area contributed by atoms with Crippen molar-refractivity contribution >= 4 is 55.6 Å². The maximum Gasteiger partial charge on any atom is 0.306 e. The summed E-state index contributed by atoms with van der Waals surface area (Å²) in [5.41, 5.74) is 7.10. The first kappa shape index (κ1) is 53.3. The summed E-state index contributed by atoms with van der Waals surface area (Å²) < 4.78 is 25.7. The van der Waals surface area contributed by atoms with Crippen molar-refractivity contribution in [1.29, 1.82) is 0 Å². The molecule has 0 aliphatic rings. The molecule has 2 heterocycles. The molecule has 358 valence electrons. The Labute approximate surface area is 401 Å². The summed E-state index contributed by atoms with van der Waals surface area (Å²) in [6, 6.07) is 15.6. The molecule has 19 heteroatoms. The summed E-state index contributed by atoms with van der Waals surface area (Å²) in [5.74, 6) is -1.34. The van der Waals surface area contributed by atoms with E-state index < -0.39 is 30.6 Å². The number of ether oxygens (including phenoxy) is 4. The Morgan fingerprint density at radius 2 is 1.11 bits per heavy atom. The van der Waals surface area contributed by atoms with Crippen LogP contribution in [0.2, 0.25) is 0 Å². The summed E-state index contributed by atoms with van der Waals surface area (Å²) in [6.07, 6.45) is -1.34. The molecule has 2 amide bonds. The second-order valence-electron chi connectivity index (χ2n) is 16.0. The van der Waals surface area contributed by atoms with E-state index in [4.69, 9.17) is 29.2 Å². The van der Waals surface area contributed by atoms with Gasteiger partial charge in [-0.05, 0) is 110 Å². The van der Waals surface area contributed by atoms with Gasteiger partial charge in [0.2, 0.25) is 35.3 Å². The van der Waals surface area contributed by atoms with Gasteiger partial charge < -0.3 is 54.5 Å². The lowest BCUT2D eigenvalue weighted by Gasteiger charge is -2.18. The van der Waals surface area contributed by atoms with Gasteiger partial charge in [-0.3, -0.25) is 19.2 Å². The van der Waals surface area contributed by atoms with Crippen molar-refractivity contribution < 1.29 is 58.6 Å². The number of halogens is 2. The molecule has 5 N–H and O–H groups in total. The summed E-state index contributed by atoms with van der Waals surface area (Å²) in [4.78, 5) is 58.8. The van der Waals surface area contributed by atoms with Crippen molar-refractivity contribution in [3.05, 3.63) is 90.9 Å². The lowest BCUT2D eigenvalue weighted by Crippen LogP contribution is -2.28. The minimum Gasteiger partial charge on any atom is -0.481 e. The molecule has 4 rings (SSSR count). The molecule has 0 unspecified atom stereocenters. The number of aliphatic hydroxyl groups is 2. The zero-order chi connectivity index (χ0) is 48.5. The number of nitrogens with one attached hydrogen (secondary N) is 1. The molecule has 0 spiro atoms. The normalized spacial score (nSPS) is 12.0. The van der Waals surface area contributed by atoms with Gasteiger partial charge in [0.1, 0.15) is 13.2 Å². The minimum atomic E-state index is -1.11. The van der Waals surface area contributed by atoms with E-state index in [0.717, 1.165) is 33.4 Å². The third-order valence-electron chi connectivity index (χ3n) is 10.5. The van der Waals surface area contributed by atoms with E-state index in [1.54, 1.807) is 34.3 Å². The van der Waals surface area contributed by atoms with Crippen LogP contribution in [0.5, 0.6) is 23.5 Å². The largest absolute Gasteiger partial charge is 0.481 e. The van der Waals surface area contributed by atoms with Crippen molar-refractivity contribution in [3.63, 3.8) is 0 Å². The summed E-state index contributed by atoms with van der Waals surface area (Å²) in [5, 5.41) is 41.2. The topological polar surface area (TPSA) is 230 Å². The quantitative estimate of drug-likeness (QED) is 0.0445. The van der Waals surface area contributed by atoms with Gasteiger partial charge in [0, 0.05) is 52.4 Å². The third-order valence-corrected chi connectivity index (χ3v) is 11.6. The van der Waals surface area contributed by atoms with Crippen molar-refractivity contribution in [1.82, 2.24) is 25.1 Å². The fourth-order valence-electron chi connectivity index (χ4n) is 6.70. The fraction of sp³-hybridized carbons (Fsp3) is 0.447. The summed E-state index contributed by atoms with van der Waals surface area (Å²) >= 11 is 7.16. The van der Waals surface area contributed by atoms with Gasteiger partial charge >= 0.3 is 11.9 Å². The Morgan fingerprint density at radius 3 is 1.58 bits per heavy atom. The van der Waals surface area contributed by atoms with Crippen molar-refractivity contribution in [2.45, 2.75) is 90.8 Å². The lowest BCUT2D eigenvalue weighted by atomic mass is 9.92. The number of amides is 2. The number of carbonyl (C=O) groups excluding carboxylic acids is 2. The van der Waals surface area contributed by atoms with E-state index in [1.165, 1.54) is 9.80 Å². The van der Waals surface area contributed by atoms with Crippen LogP contribution in [0.15, 0.2) is 57.5 Å². The SMILES string of the molecule is Cc1c(COc2nc(OCCC(=O)N(C)C)c(CCC[C@@H](O)CC(=O)O)cc2Br)cccc1-c1cccc(COc2nc(OCCC(=O)N(C)C)c(CNC[C@@H](O)CC(=O)O)cc2Br)c1C. The predicted molar refractivity (Wildman–Crippen MR) is 253 cm³/mol. The highest BCUT2D eigenvalue weighted by atomic mass is 79.9. The van der Waals surface area contributed by atoms with Crippen LogP contribution in [0.25, 0.3) is 11.1 Å². The summed E-state index contributed by atoms with van der Waals surface area (Å²) in [6.45, 7) is 4.76. The highest BCUT2D eigenvalue weighted by Gasteiger charge is 2.20. The number of carbonyl (C=O) groups is 4. The van der Waals surface area contributed by atoms with Gasteiger partial charge in [-0.25, -0.2) is 0 Å². The van der Waals surface area contributed by atoms with Crippen molar-refractivity contribution in [2.24, 2.45) is 0 Å². The monoisotopic (exact) mass is 1040 g/mol. The van der Waals surface area contributed by atoms with Crippen LogP contribution in [-0.2, 0) is 45.4 Å². The van der Waals surface area contributed by atoms with Gasteiger partial charge in [-0.1, -0.05) is 36.4 Å². The average molecular weight is 1050 g/mol. The number of carboxylic acid groups (broad SMARTS) is 2. The van der Waals surface area contributed by atoms with Crippen molar-refractivity contribution in [3.8, 4) is 34.6 Å². The molecule has 0 saturated heterocycles. The van der Waals surface area contributed by atoms with Crippen LogP contribution < -0.4 is 24.3 Å². The van der Waals surface area contributed by atoms with E-state index in [0.29, 0.717) is 32.9 Å². The van der Waals surface area contributed by atoms with Gasteiger partial charge in [0.25, 0.3) is 0 Å².